The minimum atomic E-state index is -3.88. The molecule has 0 saturated heterocycles. The van der Waals surface area contributed by atoms with Gasteiger partial charge in [0.15, 0.2) is 5.82 Å². The van der Waals surface area contributed by atoms with Crippen LogP contribution in [0.1, 0.15) is 13.8 Å². The van der Waals surface area contributed by atoms with Crippen molar-refractivity contribution >= 4 is 38.4 Å². The Labute approximate surface area is 121 Å². The Morgan fingerprint density at radius 2 is 2.00 bits per heavy atom. The van der Waals surface area contributed by atoms with Gasteiger partial charge in [-0.05, 0) is 41.9 Å². The van der Waals surface area contributed by atoms with E-state index in [1.165, 1.54) is 18.2 Å². The number of hydrogen-bond acceptors (Lipinski definition) is 3. The molecule has 0 aliphatic carbocycles. The molecule has 0 bridgehead atoms. The highest BCUT2D eigenvalue weighted by atomic mass is 79.9. The number of hydrogen-bond donors (Lipinski definition) is 2. The first-order valence-electron chi connectivity index (χ1n) is 4.86. The van der Waals surface area contributed by atoms with Gasteiger partial charge in [0, 0.05) is 12.1 Å². The van der Waals surface area contributed by atoms with Crippen molar-refractivity contribution < 1.29 is 12.8 Å². The van der Waals surface area contributed by atoms with Gasteiger partial charge in [0.1, 0.15) is 4.90 Å². The van der Waals surface area contributed by atoms with E-state index in [2.05, 4.69) is 20.7 Å². The third-order valence-corrected chi connectivity index (χ3v) is 3.95. The van der Waals surface area contributed by atoms with Crippen LogP contribution in [0.3, 0.4) is 0 Å². The number of nitrogens with one attached hydrogen (secondary N) is 1. The van der Waals surface area contributed by atoms with Crippen molar-refractivity contribution in [3.8, 4) is 0 Å². The lowest BCUT2D eigenvalue weighted by atomic mass is 10.1. The van der Waals surface area contributed by atoms with E-state index >= 15 is 0 Å². The Morgan fingerprint density at radius 1 is 1.44 bits per heavy atom. The Balaban J connectivity index is 0.00000289. The van der Waals surface area contributed by atoms with Crippen LogP contribution >= 0.6 is 28.3 Å². The Bertz CT molecular complexity index is 517. The molecule has 0 saturated carbocycles. The number of rotatable bonds is 4. The van der Waals surface area contributed by atoms with Gasteiger partial charge < -0.3 is 5.73 Å². The molecule has 1 aromatic rings. The minimum Gasteiger partial charge on any atom is -0.324 e. The molecule has 18 heavy (non-hydrogen) atoms. The molecule has 0 aliphatic heterocycles. The van der Waals surface area contributed by atoms with Crippen LogP contribution in [0.25, 0.3) is 0 Å². The average Bonchev–Trinajstić information content (AvgIpc) is 2.18. The van der Waals surface area contributed by atoms with E-state index < -0.39 is 26.3 Å². The van der Waals surface area contributed by atoms with Crippen LogP contribution in [0.2, 0.25) is 0 Å². The summed E-state index contributed by atoms with van der Waals surface area (Å²) < 4.78 is 39.6. The molecule has 0 aromatic heterocycles. The van der Waals surface area contributed by atoms with Crippen molar-refractivity contribution in [2.24, 2.45) is 5.73 Å². The van der Waals surface area contributed by atoms with E-state index in [4.69, 9.17) is 5.73 Å². The summed E-state index contributed by atoms with van der Waals surface area (Å²) in [6.45, 7) is 3.38. The average molecular weight is 362 g/mol. The van der Waals surface area contributed by atoms with Crippen molar-refractivity contribution in [3.05, 3.63) is 28.5 Å². The van der Waals surface area contributed by atoms with Crippen molar-refractivity contribution in [1.29, 1.82) is 0 Å². The van der Waals surface area contributed by atoms with Crippen molar-refractivity contribution in [2.75, 3.05) is 6.54 Å². The summed E-state index contributed by atoms with van der Waals surface area (Å²) in [5.74, 6) is -0.810. The van der Waals surface area contributed by atoms with E-state index in [1.54, 1.807) is 13.8 Å². The summed E-state index contributed by atoms with van der Waals surface area (Å²) in [6, 6.07) is 4.09. The van der Waals surface area contributed by atoms with E-state index in [1.807, 2.05) is 0 Å². The van der Waals surface area contributed by atoms with Crippen molar-refractivity contribution in [1.82, 2.24) is 4.72 Å². The molecule has 0 unspecified atom stereocenters. The second-order valence-electron chi connectivity index (χ2n) is 4.37. The predicted octanol–water partition coefficient (Wildman–Crippen LogP) is 2.03. The molecule has 0 radical (unpaired) electrons. The molecule has 3 N–H and O–H groups in total. The fourth-order valence-electron chi connectivity index (χ4n) is 1.05. The molecule has 1 rings (SSSR count). The lowest BCUT2D eigenvalue weighted by molar-refractivity contribution is 0.494. The Kier molecular flexibility index (Phi) is 6.22. The zero-order valence-corrected chi connectivity index (χ0v) is 13.1. The minimum absolute atomic E-state index is 0. The van der Waals surface area contributed by atoms with Crippen LogP contribution in [0.5, 0.6) is 0 Å². The van der Waals surface area contributed by atoms with E-state index in [-0.39, 0.29) is 23.4 Å². The fourth-order valence-corrected chi connectivity index (χ4v) is 2.87. The maximum atomic E-state index is 13.6. The maximum Gasteiger partial charge on any atom is 0.243 e. The highest BCUT2D eigenvalue weighted by Gasteiger charge is 2.22. The van der Waals surface area contributed by atoms with Gasteiger partial charge >= 0.3 is 0 Å². The quantitative estimate of drug-likeness (QED) is 0.862. The predicted molar refractivity (Wildman–Crippen MR) is 74.8 cm³/mol. The molecule has 0 fully saturated rings. The zero-order valence-electron chi connectivity index (χ0n) is 9.91. The summed E-state index contributed by atoms with van der Waals surface area (Å²) in [6.07, 6.45) is 0. The molecule has 4 nitrogen and oxygen atoms in total. The van der Waals surface area contributed by atoms with Crippen LogP contribution in [-0.4, -0.2) is 20.5 Å². The van der Waals surface area contributed by atoms with Crippen molar-refractivity contribution in [2.45, 2.75) is 24.3 Å². The maximum absolute atomic E-state index is 13.6. The van der Waals surface area contributed by atoms with Crippen LogP contribution in [0.4, 0.5) is 4.39 Å². The van der Waals surface area contributed by atoms with Crippen LogP contribution < -0.4 is 10.5 Å². The fraction of sp³-hybridized carbons (Fsp3) is 0.400. The lowest BCUT2D eigenvalue weighted by Gasteiger charge is -2.19. The van der Waals surface area contributed by atoms with Gasteiger partial charge in [-0.25, -0.2) is 17.5 Å². The summed E-state index contributed by atoms with van der Waals surface area (Å²) in [5.41, 5.74) is 4.96. The number of nitrogens with two attached hydrogens (primary N) is 1. The van der Waals surface area contributed by atoms with Gasteiger partial charge in [-0.2, -0.15) is 0 Å². The van der Waals surface area contributed by atoms with Gasteiger partial charge in [0.05, 0.1) is 4.47 Å². The van der Waals surface area contributed by atoms with Crippen LogP contribution in [-0.2, 0) is 10.0 Å². The van der Waals surface area contributed by atoms with Gasteiger partial charge in [-0.15, -0.1) is 12.4 Å². The highest BCUT2D eigenvalue weighted by Crippen LogP contribution is 2.22. The molecule has 8 heteroatoms. The number of sulfonamides is 1. The van der Waals surface area contributed by atoms with Crippen LogP contribution in [0.15, 0.2) is 27.6 Å². The topological polar surface area (TPSA) is 72.2 Å². The van der Waals surface area contributed by atoms with Gasteiger partial charge in [-0.3, -0.25) is 0 Å². The first kappa shape index (κ1) is 17.8. The standard InChI is InChI=1S/C10H14BrFN2O2S.ClH/c1-10(2,13)6-14-17(15,16)8-5-3-4-7(11)9(8)12;/h3-5,14H,6,13H2,1-2H3;1H. The van der Waals surface area contributed by atoms with Gasteiger partial charge in [-0.1, -0.05) is 6.07 Å². The van der Waals surface area contributed by atoms with Gasteiger partial charge in [0.2, 0.25) is 10.0 Å². The molecule has 1 aromatic carbocycles. The van der Waals surface area contributed by atoms with Gasteiger partial charge in [0.25, 0.3) is 0 Å². The first-order chi connectivity index (χ1) is 7.63. The SMILES string of the molecule is CC(C)(N)CNS(=O)(=O)c1cccc(Br)c1F.Cl. The lowest BCUT2D eigenvalue weighted by Crippen LogP contribution is -2.45. The Morgan fingerprint density at radius 3 is 2.50 bits per heavy atom. The molecule has 0 atom stereocenters. The highest BCUT2D eigenvalue weighted by molar-refractivity contribution is 9.10. The Hall–Kier alpha value is -0.210. The molecular weight excluding hydrogens is 347 g/mol. The van der Waals surface area contributed by atoms with E-state index in [0.717, 1.165) is 0 Å². The summed E-state index contributed by atoms with van der Waals surface area (Å²) in [5, 5.41) is 0. The first-order valence-corrected chi connectivity index (χ1v) is 7.14. The summed E-state index contributed by atoms with van der Waals surface area (Å²) in [7, 11) is -3.88. The molecule has 0 amide bonds. The normalized spacial score (nSPS) is 12.1. The van der Waals surface area contributed by atoms with Crippen LogP contribution in [0, 0.1) is 5.82 Å². The largest absolute Gasteiger partial charge is 0.324 e. The number of benzene rings is 1. The molecular formula is C10H15BrClFN2O2S. The molecule has 0 spiro atoms. The summed E-state index contributed by atoms with van der Waals surface area (Å²) >= 11 is 2.94. The smallest absolute Gasteiger partial charge is 0.243 e. The van der Waals surface area contributed by atoms with Crippen molar-refractivity contribution in [3.63, 3.8) is 0 Å². The molecule has 104 valence electrons. The second kappa shape index (κ2) is 6.29. The number of halogens is 3. The zero-order chi connectivity index (χ0) is 13.3. The van der Waals surface area contributed by atoms with E-state index in [9.17, 15) is 12.8 Å². The second-order valence-corrected chi connectivity index (χ2v) is 6.95. The molecule has 0 heterocycles. The monoisotopic (exact) mass is 360 g/mol. The third kappa shape index (κ3) is 4.81. The third-order valence-electron chi connectivity index (χ3n) is 1.92. The molecule has 0 aliphatic rings. The summed E-state index contributed by atoms with van der Waals surface area (Å²) in [4.78, 5) is -0.392. The van der Waals surface area contributed by atoms with E-state index in [0.29, 0.717) is 0 Å².